The number of hydrogen-bond donors (Lipinski definition) is 3. The molecule has 2 heterocycles. The highest BCUT2D eigenvalue weighted by Gasteiger charge is 2.17. The van der Waals surface area contributed by atoms with E-state index in [1.165, 1.54) is 0 Å². The normalized spacial score (nSPS) is 12.5. The van der Waals surface area contributed by atoms with Gasteiger partial charge in [-0.1, -0.05) is 12.1 Å². The number of aliphatic hydroxyl groups is 1. The van der Waals surface area contributed by atoms with Crippen molar-refractivity contribution in [2.24, 2.45) is 0 Å². The molecule has 3 aromatic rings. The molecule has 6 nitrogen and oxygen atoms in total. The Kier molecular flexibility index (Phi) is 3.93. The molecule has 0 saturated heterocycles. The fourth-order valence-corrected chi connectivity index (χ4v) is 2.49. The zero-order valence-electron chi connectivity index (χ0n) is 12.1. The molecule has 0 radical (unpaired) electrons. The molecule has 112 valence electrons. The van der Waals surface area contributed by atoms with Crippen molar-refractivity contribution >= 4 is 23.5 Å². The number of nitrogens with zero attached hydrogens (tertiary/aromatic N) is 3. The second-order valence-electron chi connectivity index (χ2n) is 5.25. The summed E-state index contributed by atoms with van der Waals surface area (Å²) < 4.78 is 1.61. The van der Waals surface area contributed by atoms with Crippen molar-refractivity contribution in [3.05, 3.63) is 54.0 Å². The maximum absolute atomic E-state index is 10.3. The Morgan fingerprint density at radius 3 is 2.82 bits per heavy atom. The van der Waals surface area contributed by atoms with Gasteiger partial charge in [-0.15, -0.1) is 0 Å². The maximum atomic E-state index is 10.3. The largest absolute Gasteiger partial charge is 0.489 e. The zero-order valence-corrected chi connectivity index (χ0v) is 12.1. The van der Waals surface area contributed by atoms with Gasteiger partial charge in [0.1, 0.15) is 0 Å². The van der Waals surface area contributed by atoms with Crippen LogP contribution in [-0.2, 0) is 6.54 Å². The first-order valence-electron chi connectivity index (χ1n) is 6.97. The van der Waals surface area contributed by atoms with Crippen LogP contribution < -0.4 is 5.46 Å². The summed E-state index contributed by atoms with van der Waals surface area (Å²) in [6.07, 6.45) is 2.66. The van der Waals surface area contributed by atoms with Crippen LogP contribution in [0.3, 0.4) is 0 Å². The number of hydrogen-bond acceptors (Lipinski definition) is 5. The highest BCUT2D eigenvalue weighted by molar-refractivity contribution is 6.61. The molecule has 0 bridgehead atoms. The molecule has 1 atom stereocenters. The quantitative estimate of drug-likeness (QED) is 0.596. The minimum Gasteiger partial charge on any atom is -0.423 e. The summed E-state index contributed by atoms with van der Waals surface area (Å²) in [4.78, 5) is 4.11. The molecule has 22 heavy (non-hydrogen) atoms. The summed E-state index contributed by atoms with van der Waals surface area (Å²) in [6.45, 7) is 2.15. The summed E-state index contributed by atoms with van der Waals surface area (Å²) >= 11 is 0. The average Bonchev–Trinajstić information content (AvgIpc) is 2.89. The summed E-state index contributed by atoms with van der Waals surface area (Å²) in [5.41, 5.74) is 2.67. The summed E-state index contributed by atoms with van der Waals surface area (Å²) in [5.74, 6) is 0. The lowest BCUT2D eigenvalue weighted by Crippen LogP contribution is -2.30. The average molecular weight is 297 g/mol. The highest BCUT2D eigenvalue weighted by Crippen LogP contribution is 2.17. The molecule has 0 aliphatic rings. The van der Waals surface area contributed by atoms with Gasteiger partial charge in [0, 0.05) is 23.5 Å². The maximum Gasteiger partial charge on any atom is 0.489 e. The van der Waals surface area contributed by atoms with Gasteiger partial charge >= 0.3 is 7.12 Å². The predicted octanol–water partition coefficient (Wildman–Crippen LogP) is 0.153. The van der Waals surface area contributed by atoms with E-state index in [2.05, 4.69) is 10.1 Å². The number of fused-ring (bicyclic) bond motifs is 1. The zero-order chi connectivity index (χ0) is 15.7. The summed E-state index contributed by atoms with van der Waals surface area (Å²) in [5, 5.41) is 34.1. The van der Waals surface area contributed by atoms with Crippen molar-refractivity contribution in [2.45, 2.75) is 19.6 Å². The number of rotatable bonds is 4. The first kappa shape index (κ1) is 14.7. The molecule has 7 heteroatoms. The molecular formula is C15H16BN3O3. The monoisotopic (exact) mass is 297 g/mol. The molecule has 2 aromatic heterocycles. The minimum absolute atomic E-state index is 0.277. The number of aryl methyl sites for hydroxylation is 1. The van der Waals surface area contributed by atoms with Crippen LogP contribution in [-0.4, -0.2) is 37.0 Å². The lowest BCUT2D eigenvalue weighted by atomic mass is 9.78. The van der Waals surface area contributed by atoms with E-state index < -0.39 is 13.2 Å². The molecule has 1 unspecified atom stereocenters. The van der Waals surface area contributed by atoms with Gasteiger partial charge < -0.3 is 15.2 Å². The molecule has 0 aliphatic heterocycles. The number of aliphatic hydroxyl groups excluding tert-OH is 1. The fraction of sp³-hybridized carbons (Fsp3) is 0.200. The molecule has 0 saturated carbocycles. The van der Waals surface area contributed by atoms with Crippen LogP contribution in [0.5, 0.6) is 0 Å². The Bertz CT molecular complexity index is 804. The minimum atomic E-state index is -1.55. The van der Waals surface area contributed by atoms with Crippen LogP contribution in [0.1, 0.15) is 17.4 Å². The number of aromatic nitrogens is 3. The van der Waals surface area contributed by atoms with E-state index in [4.69, 9.17) is 0 Å². The fourth-order valence-electron chi connectivity index (χ4n) is 2.49. The number of benzene rings is 1. The van der Waals surface area contributed by atoms with Gasteiger partial charge in [0.15, 0.2) is 0 Å². The molecule has 3 N–H and O–H groups in total. The second-order valence-corrected chi connectivity index (χ2v) is 5.25. The predicted molar refractivity (Wildman–Crippen MR) is 83.5 cm³/mol. The smallest absolute Gasteiger partial charge is 0.423 e. The van der Waals surface area contributed by atoms with E-state index in [0.717, 1.165) is 11.3 Å². The van der Waals surface area contributed by atoms with E-state index in [1.54, 1.807) is 41.3 Å². The van der Waals surface area contributed by atoms with Crippen molar-refractivity contribution < 1.29 is 15.2 Å². The van der Waals surface area contributed by atoms with E-state index in [1.807, 2.05) is 13.0 Å². The Balaban J connectivity index is 1.89. The Hall–Kier alpha value is -2.22. The molecule has 0 amide bonds. The Morgan fingerprint density at radius 1 is 1.27 bits per heavy atom. The van der Waals surface area contributed by atoms with Gasteiger partial charge in [0.25, 0.3) is 0 Å². The third-order valence-corrected chi connectivity index (χ3v) is 3.57. The van der Waals surface area contributed by atoms with Gasteiger partial charge in [0.2, 0.25) is 0 Å². The van der Waals surface area contributed by atoms with Gasteiger partial charge in [0.05, 0.1) is 18.2 Å². The van der Waals surface area contributed by atoms with Crippen LogP contribution in [0.15, 0.2) is 42.7 Å². The molecule has 0 aliphatic carbocycles. The van der Waals surface area contributed by atoms with Gasteiger partial charge in [-0.25, -0.2) is 0 Å². The molecule has 1 aromatic carbocycles. The lowest BCUT2D eigenvalue weighted by Gasteiger charge is -2.11. The summed E-state index contributed by atoms with van der Waals surface area (Å²) in [6, 6.07) is 8.75. The SMILES string of the molecule is Cc1cc(C(O)Cn2cc3c(B(O)O)cccc3n2)ccn1. The van der Waals surface area contributed by atoms with Crippen LogP contribution in [0.4, 0.5) is 0 Å². The topological polar surface area (TPSA) is 91.4 Å². The van der Waals surface area contributed by atoms with Crippen LogP contribution in [0, 0.1) is 6.92 Å². The van der Waals surface area contributed by atoms with Crippen LogP contribution in [0.2, 0.25) is 0 Å². The number of pyridine rings is 1. The Morgan fingerprint density at radius 2 is 2.09 bits per heavy atom. The first-order chi connectivity index (χ1) is 10.5. The van der Waals surface area contributed by atoms with Crippen molar-refractivity contribution in [3.8, 4) is 0 Å². The van der Waals surface area contributed by atoms with Crippen molar-refractivity contribution in [2.75, 3.05) is 0 Å². The van der Waals surface area contributed by atoms with E-state index in [-0.39, 0.29) is 6.54 Å². The Labute approximate surface area is 127 Å². The van der Waals surface area contributed by atoms with E-state index in [9.17, 15) is 15.2 Å². The first-order valence-corrected chi connectivity index (χ1v) is 6.97. The van der Waals surface area contributed by atoms with E-state index in [0.29, 0.717) is 16.4 Å². The van der Waals surface area contributed by atoms with E-state index >= 15 is 0 Å². The van der Waals surface area contributed by atoms with Gasteiger partial charge in [-0.05, 0) is 36.1 Å². The lowest BCUT2D eigenvalue weighted by molar-refractivity contribution is 0.151. The second kappa shape index (κ2) is 5.88. The van der Waals surface area contributed by atoms with Crippen molar-refractivity contribution in [1.29, 1.82) is 0 Å². The van der Waals surface area contributed by atoms with Crippen molar-refractivity contribution in [3.63, 3.8) is 0 Å². The summed E-state index contributed by atoms with van der Waals surface area (Å²) in [7, 11) is -1.55. The molecule has 3 rings (SSSR count). The van der Waals surface area contributed by atoms with Crippen LogP contribution in [0.25, 0.3) is 10.9 Å². The molecular weight excluding hydrogens is 281 g/mol. The third kappa shape index (κ3) is 2.87. The standard InChI is InChI=1S/C15H16BN3O3/c1-10-7-11(5-6-17-10)15(20)9-19-8-12-13(16(21)22)3-2-4-14(12)18-19/h2-8,15,20-22H,9H2,1H3. The van der Waals surface area contributed by atoms with Crippen molar-refractivity contribution in [1.82, 2.24) is 14.8 Å². The third-order valence-electron chi connectivity index (χ3n) is 3.57. The molecule has 0 spiro atoms. The van der Waals surface area contributed by atoms with Crippen LogP contribution >= 0.6 is 0 Å². The van der Waals surface area contributed by atoms with Gasteiger partial charge in [-0.3, -0.25) is 9.67 Å². The highest BCUT2D eigenvalue weighted by atomic mass is 16.4. The van der Waals surface area contributed by atoms with Gasteiger partial charge in [-0.2, -0.15) is 5.10 Å². The molecule has 0 fully saturated rings.